The van der Waals surface area contributed by atoms with Crippen LogP contribution in [0.4, 0.5) is 0 Å². The summed E-state index contributed by atoms with van der Waals surface area (Å²) in [5.74, 6) is 2.57. The van der Waals surface area contributed by atoms with E-state index < -0.39 is 0 Å². The van der Waals surface area contributed by atoms with Crippen LogP contribution in [0.15, 0.2) is 0 Å². The van der Waals surface area contributed by atoms with Crippen LogP contribution < -0.4 is 0 Å². The SMILES string of the molecule is CCCCCCC(C)(CCCCCC)C(C)(CCCCC)CCCCCCC(C)C(C)C(C)C. The molecule has 0 aliphatic rings. The van der Waals surface area contributed by atoms with Crippen LogP contribution in [-0.4, -0.2) is 0 Å². The molecule has 0 aromatic heterocycles. The van der Waals surface area contributed by atoms with E-state index in [-0.39, 0.29) is 0 Å². The average Bonchev–Trinajstić information content (AvgIpc) is 2.81. The summed E-state index contributed by atoms with van der Waals surface area (Å²) in [6, 6.07) is 0. The predicted molar refractivity (Wildman–Crippen MR) is 159 cm³/mol. The molecule has 0 aliphatic heterocycles. The molecular weight excluding hydrogens is 408 g/mol. The van der Waals surface area contributed by atoms with Gasteiger partial charge in [-0.2, -0.15) is 0 Å². The summed E-state index contributed by atoms with van der Waals surface area (Å²) < 4.78 is 0. The lowest BCUT2D eigenvalue weighted by Crippen LogP contribution is -2.38. The van der Waals surface area contributed by atoms with Crippen LogP contribution >= 0.6 is 0 Å². The second-order valence-electron chi connectivity index (χ2n) is 13.2. The highest BCUT2D eigenvalue weighted by atomic mass is 14.5. The monoisotopic (exact) mass is 479 g/mol. The molecule has 0 bridgehead atoms. The first-order chi connectivity index (χ1) is 16.2. The first-order valence-electron chi connectivity index (χ1n) is 16.2. The van der Waals surface area contributed by atoms with Gasteiger partial charge in [0.25, 0.3) is 0 Å². The first kappa shape index (κ1) is 34.0. The third-order valence-corrected chi connectivity index (χ3v) is 10.0. The van der Waals surface area contributed by atoms with Gasteiger partial charge < -0.3 is 0 Å². The van der Waals surface area contributed by atoms with Crippen molar-refractivity contribution in [2.45, 2.75) is 191 Å². The lowest BCUT2D eigenvalue weighted by molar-refractivity contribution is 0.0209. The summed E-state index contributed by atoms with van der Waals surface area (Å²) in [7, 11) is 0. The Morgan fingerprint density at radius 2 is 0.765 bits per heavy atom. The minimum Gasteiger partial charge on any atom is -0.0654 e. The fourth-order valence-corrected chi connectivity index (χ4v) is 6.36. The van der Waals surface area contributed by atoms with Gasteiger partial charge in [-0.3, -0.25) is 0 Å². The molecule has 0 N–H and O–H groups in total. The number of hydrogen-bond acceptors (Lipinski definition) is 0. The smallest absolute Gasteiger partial charge is 0.0272 e. The summed E-state index contributed by atoms with van der Waals surface area (Å²) in [6.07, 6.45) is 28.6. The van der Waals surface area contributed by atoms with Gasteiger partial charge in [-0.25, -0.2) is 0 Å². The zero-order chi connectivity index (χ0) is 25.9. The van der Waals surface area contributed by atoms with Crippen molar-refractivity contribution in [1.82, 2.24) is 0 Å². The third kappa shape index (κ3) is 13.9. The van der Waals surface area contributed by atoms with Crippen LogP contribution in [0.1, 0.15) is 191 Å². The van der Waals surface area contributed by atoms with Crippen LogP contribution in [0, 0.1) is 28.6 Å². The standard InChI is InChI=1S/C34H70/c1-10-13-16-22-27-34(9,28-23-17-14-11-2)33(8,26-21-15-12-3)29-24-19-18-20-25-31(6)32(7)30(4)5/h30-32H,10-29H2,1-9H3. The minimum absolute atomic E-state index is 0.528. The van der Waals surface area contributed by atoms with Gasteiger partial charge in [0.2, 0.25) is 0 Å². The Hall–Kier alpha value is 0. The molecule has 0 nitrogen and oxygen atoms in total. The van der Waals surface area contributed by atoms with Gasteiger partial charge in [0.1, 0.15) is 0 Å². The van der Waals surface area contributed by atoms with E-state index in [1.807, 2.05) is 0 Å². The van der Waals surface area contributed by atoms with Crippen molar-refractivity contribution < 1.29 is 0 Å². The van der Waals surface area contributed by atoms with E-state index in [4.69, 9.17) is 0 Å². The lowest BCUT2D eigenvalue weighted by Gasteiger charge is -2.48. The summed E-state index contributed by atoms with van der Waals surface area (Å²) in [5, 5.41) is 0. The van der Waals surface area contributed by atoms with E-state index in [0.717, 1.165) is 17.8 Å². The number of unbranched alkanes of at least 4 members (excludes halogenated alkanes) is 11. The Bertz CT molecular complexity index is 423. The lowest BCUT2D eigenvalue weighted by atomic mass is 9.57. The van der Waals surface area contributed by atoms with Gasteiger partial charge in [0, 0.05) is 0 Å². The average molecular weight is 479 g/mol. The quantitative estimate of drug-likeness (QED) is 0.121. The Balaban J connectivity index is 4.99. The van der Waals surface area contributed by atoms with Gasteiger partial charge in [0.15, 0.2) is 0 Å². The molecule has 0 aliphatic carbocycles. The van der Waals surface area contributed by atoms with Crippen molar-refractivity contribution in [2.24, 2.45) is 28.6 Å². The molecule has 0 radical (unpaired) electrons. The zero-order valence-corrected chi connectivity index (χ0v) is 25.9. The zero-order valence-electron chi connectivity index (χ0n) is 25.9. The maximum Gasteiger partial charge on any atom is -0.0272 e. The van der Waals surface area contributed by atoms with Crippen molar-refractivity contribution in [2.75, 3.05) is 0 Å². The van der Waals surface area contributed by atoms with Crippen molar-refractivity contribution in [3.63, 3.8) is 0 Å². The minimum atomic E-state index is 0.528. The molecule has 0 saturated heterocycles. The first-order valence-corrected chi connectivity index (χ1v) is 16.2. The second-order valence-corrected chi connectivity index (χ2v) is 13.2. The van der Waals surface area contributed by atoms with E-state index >= 15 is 0 Å². The molecule has 34 heavy (non-hydrogen) atoms. The van der Waals surface area contributed by atoms with Crippen LogP contribution in [0.5, 0.6) is 0 Å². The van der Waals surface area contributed by atoms with Crippen molar-refractivity contribution in [3.05, 3.63) is 0 Å². The van der Waals surface area contributed by atoms with E-state index in [2.05, 4.69) is 62.3 Å². The van der Waals surface area contributed by atoms with Crippen molar-refractivity contribution in [1.29, 1.82) is 0 Å². The molecule has 0 aromatic rings. The van der Waals surface area contributed by atoms with Gasteiger partial charge in [-0.1, -0.05) is 165 Å². The fraction of sp³-hybridized carbons (Fsp3) is 1.00. The summed E-state index contributed by atoms with van der Waals surface area (Å²) in [4.78, 5) is 0. The molecule has 0 spiro atoms. The molecule has 0 heterocycles. The Morgan fingerprint density at radius 3 is 1.15 bits per heavy atom. The van der Waals surface area contributed by atoms with E-state index in [1.165, 1.54) is 128 Å². The largest absolute Gasteiger partial charge is 0.0654 e. The highest BCUT2D eigenvalue weighted by Gasteiger charge is 2.42. The highest BCUT2D eigenvalue weighted by molar-refractivity contribution is 4.92. The van der Waals surface area contributed by atoms with Crippen LogP contribution in [-0.2, 0) is 0 Å². The van der Waals surface area contributed by atoms with Crippen molar-refractivity contribution >= 4 is 0 Å². The number of hydrogen-bond donors (Lipinski definition) is 0. The molecular formula is C34H70. The maximum atomic E-state index is 2.72. The van der Waals surface area contributed by atoms with E-state index in [0.29, 0.717) is 10.8 Å². The molecule has 3 atom stereocenters. The summed E-state index contributed by atoms with van der Waals surface area (Å²) in [6.45, 7) is 22.2. The molecule has 0 fully saturated rings. The normalized spacial score (nSPS) is 16.1. The van der Waals surface area contributed by atoms with E-state index in [1.54, 1.807) is 0 Å². The Labute approximate surface area is 219 Å². The predicted octanol–water partition coefficient (Wildman–Crippen LogP) is 12.8. The summed E-state index contributed by atoms with van der Waals surface area (Å²) >= 11 is 0. The molecule has 0 rings (SSSR count). The molecule has 0 amide bonds. The molecule has 3 unspecified atom stereocenters. The topological polar surface area (TPSA) is 0 Å². The Morgan fingerprint density at radius 1 is 0.441 bits per heavy atom. The maximum absolute atomic E-state index is 2.72. The van der Waals surface area contributed by atoms with Gasteiger partial charge in [0.05, 0.1) is 0 Å². The third-order valence-electron chi connectivity index (χ3n) is 10.0. The molecule has 206 valence electrons. The van der Waals surface area contributed by atoms with Crippen LogP contribution in [0.3, 0.4) is 0 Å². The molecule has 0 heteroatoms. The fourth-order valence-electron chi connectivity index (χ4n) is 6.36. The number of rotatable bonds is 24. The van der Waals surface area contributed by atoms with Crippen molar-refractivity contribution in [3.8, 4) is 0 Å². The molecule has 0 aromatic carbocycles. The van der Waals surface area contributed by atoms with E-state index in [9.17, 15) is 0 Å². The van der Waals surface area contributed by atoms with Gasteiger partial charge in [-0.05, 0) is 54.3 Å². The van der Waals surface area contributed by atoms with Gasteiger partial charge >= 0.3 is 0 Å². The summed E-state index contributed by atoms with van der Waals surface area (Å²) in [5.41, 5.74) is 1.06. The highest BCUT2D eigenvalue weighted by Crippen LogP contribution is 2.53. The molecule has 0 saturated carbocycles. The van der Waals surface area contributed by atoms with Crippen LogP contribution in [0.2, 0.25) is 0 Å². The van der Waals surface area contributed by atoms with Gasteiger partial charge in [-0.15, -0.1) is 0 Å². The van der Waals surface area contributed by atoms with Crippen LogP contribution in [0.25, 0.3) is 0 Å². The second kappa shape index (κ2) is 20.1. The Kier molecular flexibility index (Phi) is 20.1.